The van der Waals surface area contributed by atoms with Crippen LogP contribution in [0.4, 0.5) is 0 Å². The molecule has 0 aliphatic carbocycles. The molecule has 1 amide bonds. The number of carbonyl (C=O) groups is 1. The molecule has 1 aromatic carbocycles. The van der Waals surface area contributed by atoms with Gasteiger partial charge in [0.15, 0.2) is 0 Å². The average Bonchev–Trinajstić information content (AvgIpc) is 2.55. The van der Waals surface area contributed by atoms with Crippen LogP contribution in [0.5, 0.6) is 0 Å². The minimum Gasteiger partial charge on any atom is -0.362 e. The first-order chi connectivity index (χ1) is 10.6. The molecule has 4 heteroatoms. The van der Waals surface area contributed by atoms with Crippen LogP contribution in [0.2, 0.25) is 0 Å². The summed E-state index contributed by atoms with van der Waals surface area (Å²) < 4.78 is 5.09. The zero-order chi connectivity index (χ0) is 15.9. The number of rotatable bonds is 6. The molecule has 2 rings (SSSR count). The van der Waals surface area contributed by atoms with Crippen LogP contribution in [0.15, 0.2) is 42.6 Å². The Morgan fingerprint density at radius 3 is 2.68 bits per heavy atom. The van der Waals surface area contributed by atoms with Gasteiger partial charge in [0, 0.05) is 18.4 Å². The van der Waals surface area contributed by atoms with Crippen molar-refractivity contribution < 1.29 is 9.53 Å². The average molecular weight is 298 g/mol. The maximum Gasteiger partial charge on any atom is 0.271 e. The lowest BCUT2D eigenvalue weighted by Gasteiger charge is -2.09. The topological polar surface area (TPSA) is 51.2 Å². The van der Waals surface area contributed by atoms with Crippen LogP contribution in [-0.2, 0) is 4.74 Å². The van der Waals surface area contributed by atoms with Crippen LogP contribution in [0.25, 0.3) is 11.1 Å². The van der Waals surface area contributed by atoms with E-state index in [0.717, 1.165) is 11.1 Å². The minimum atomic E-state index is -0.226. The molecule has 0 aliphatic heterocycles. The van der Waals surface area contributed by atoms with Crippen molar-refractivity contribution in [1.82, 2.24) is 10.3 Å². The van der Waals surface area contributed by atoms with Gasteiger partial charge >= 0.3 is 0 Å². The summed E-state index contributed by atoms with van der Waals surface area (Å²) in [4.78, 5) is 16.1. The Morgan fingerprint density at radius 2 is 2.05 bits per heavy atom. The summed E-state index contributed by atoms with van der Waals surface area (Å²) >= 11 is 0. The zero-order valence-electron chi connectivity index (χ0n) is 13.3. The van der Waals surface area contributed by atoms with Crippen molar-refractivity contribution in [2.45, 2.75) is 26.7 Å². The Hall–Kier alpha value is -2.20. The van der Waals surface area contributed by atoms with Gasteiger partial charge in [0.2, 0.25) is 0 Å². The van der Waals surface area contributed by atoms with Gasteiger partial charge in [-0.1, -0.05) is 44.2 Å². The van der Waals surface area contributed by atoms with E-state index in [1.54, 1.807) is 12.3 Å². The molecule has 0 radical (unpaired) electrons. The molecule has 4 nitrogen and oxygen atoms in total. The van der Waals surface area contributed by atoms with Crippen molar-refractivity contribution >= 4 is 5.91 Å². The Bertz CT molecular complexity index is 621. The van der Waals surface area contributed by atoms with Crippen molar-refractivity contribution in [3.8, 4) is 11.1 Å². The highest BCUT2D eigenvalue weighted by atomic mass is 16.5. The second kappa shape index (κ2) is 7.71. The van der Waals surface area contributed by atoms with Gasteiger partial charge in [0.25, 0.3) is 5.91 Å². The zero-order valence-corrected chi connectivity index (χ0v) is 13.3. The predicted octanol–water partition coefficient (Wildman–Crippen LogP) is 3.60. The number of aromatic nitrogens is 1. The molecule has 0 atom stereocenters. The van der Waals surface area contributed by atoms with Gasteiger partial charge in [-0.05, 0) is 30.0 Å². The number of hydrogen-bond acceptors (Lipinski definition) is 3. The van der Waals surface area contributed by atoms with E-state index >= 15 is 0 Å². The Balaban J connectivity index is 2.11. The maximum atomic E-state index is 11.9. The number of benzene rings is 1. The molecule has 22 heavy (non-hydrogen) atoms. The van der Waals surface area contributed by atoms with E-state index in [0.29, 0.717) is 18.2 Å². The molecular weight excluding hydrogens is 276 g/mol. The van der Waals surface area contributed by atoms with Crippen LogP contribution in [-0.4, -0.2) is 24.2 Å². The van der Waals surface area contributed by atoms with Gasteiger partial charge in [-0.15, -0.1) is 0 Å². The quantitative estimate of drug-likeness (QED) is 0.655. The summed E-state index contributed by atoms with van der Waals surface area (Å²) in [6.45, 7) is 6.99. The molecule has 0 bridgehead atoms. The Labute approximate surface area is 131 Å². The highest BCUT2D eigenvalue weighted by Gasteiger charge is 2.08. The van der Waals surface area contributed by atoms with E-state index in [2.05, 4.69) is 42.3 Å². The van der Waals surface area contributed by atoms with Crippen LogP contribution >= 0.6 is 0 Å². The monoisotopic (exact) mass is 298 g/mol. The first kappa shape index (κ1) is 16.2. The van der Waals surface area contributed by atoms with Crippen molar-refractivity contribution in [1.29, 1.82) is 0 Å². The third-order valence-electron chi connectivity index (χ3n) is 3.42. The van der Waals surface area contributed by atoms with E-state index in [1.165, 1.54) is 5.56 Å². The maximum absolute atomic E-state index is 11.9. The van der Waals surface area contributed by atoms with Crippen LogP contribution in [0.1, 0.15) is 42.7 Å². The molecule has 1 heterocycles. The Kier molecular flexibility index (Phi) is 5.67. The van der Waals surface area contributed by atoms with Crippen molar-refractivity contribution in [3.63, 3.8) is 0 Å². The molecule has 0 unspecified atom stereocenters. The minimum absolute atomic E-state index is 0.204. The molecule has 116 valence electrons. The smallest absolute Gasteiger partial charge is 0.271 e. The van der Waals surface area contributed by atoms with E-state index in [9.17, 15) is 4.79 Å². The number of carbonyl (C=O) groups excluding carboxylic acids is 1. The van der Waals surface area contributed by atoms with Gasteiger partial charge in [0.1, 0.15) is 12.4 Å². The second-order valence-corrected chi connectivity index (χ2v) is 5.36. The predicted molar refractivity (Wildman–Crippen MR) is 87.7 cm³/mol. The van der Waals surface area contributed by atoms with Crippen molar-refractivity contribution in [2.24, 2.45) is 0 Å². The summed E-state index contributed by atoms with van der Waals surface area (Å²) in [5.74, 6) is 0.257. The highest BCUT2D eigenvalue weighted by Crippen LogP contribution is 2.23. The molecule has 0 fully saturated rings. The Morgan fingerprint density at radius 1 is 1.23 bits per heavy atom. The summed E-state index contributed by atoms with van der Waals surface area (Å²) in [5.41, 5.74) is 3.79. The summed E-state index contributed by atoms with van der Waals surface area (Å²) in [7, 11) is 0. The SMILES string of the molecule is CCOCNC(=O)c1ccc(-c2cccc(C(C)C)c2)cn1. The largest absolute Gasteiger partial charge is 0.362 e. The summed E-state index contributed by atoms with van der Waals surface area (Å²) in [6, 6.07) is 12.0. The fourth-order valence-corrected chi connectivity index (χ4v) is 2.09. The van der Waals surface area contributed by atoms with Crippen LogP contribution in [0, 0.1) is 0 Å². The normalized spacial score (nSPS) is 10.7. The first-order valence-electron chi connectivity index (χ1n) is 7.54. The molecule has 0 spiro atoms. The third kappa shape index (κ3) is 4.15. The number of amides is 1. The number of hydrogen-bond donors (Lipinski definition) is 1. The standard InChI is InChI=1S/C18H22N2O2/c1-4-22-12-20-18(21)17-9-8-16(11-19-17)15-7-5-6-14(10-15)13(2)3/h5-11,13H,4,12H2,1-3H3,(H,20,21). The van der Waals surface area contributed by atoms with E-state index in [4.69, 9.17) is 4.74 Å². The summed E-state index contributed by atoms with van der Waals surface area (Å²) in [6.07, 6.45) is 1.73. The van der Waals surface area contributed by atoms with Crippen molar-refractivity contribution in [3.05, 3.63) is 53.9 Å². The molecule has 1 aromatic heterocycles. The molecule has 0 saturated heterocycles. The van der Waals surface area contributed by atoms with Gasteiger partial charge in [0.05, 0.1) is 0 Å². The third-order valence-corrected chi connectivity index (χ3v) is 3.42. The molecule has 0 saturated carbocycles. The van der Waals surface area contributed by atoms with Gasteiger partial charge in [-0.25, -0.2) is 0 Å². The van der Waals surface area contributed by atoms with Crippen LogP contribution < -0.4 is 5.32 Å². The fourth-order valence-electron chi connectivity index (χ4n) is 2.09. The number of pyridine rings is 1. The number of nitrogens with one attached hydrogen (secondary N) is 1. The molecule has 0 aliphatic rings. The van der Waals surface area contributed by atoms with E-state index in [1.807, 2.05) is 19.1 Å². The molecule has 2 aromatic rings. The van der Waals surface area contributed by atoms with E-state index in [-0.39, 0.29) is 12.6 Å². The van der Waals surface area contributed by atoms with Crippen LogP contribution in [0.3, 0.4) is 0 Å². The molecule has 1 N–H and O–H groups in total. The first-order valence-corrected chi connectivity index (χ1v) is 7.54. The highest BCUT2D eigenvalue weighted by molar-refractivity contribution is 5.92. The van der Waals surface area contributed by atoms with Gasteiger partial charge in [-0.2, -0.15) is 0 Å². The fraction of sp³-hybridized carbons (Fsp3) is 0.333. The lowest BCUT2D eigenvalue weighted by Crippen LogP contribution is -2.26. The number of nitrogens with zero attached hydrogens (tertiary/aromatic N) is 1. The number of ether oxygens (including phenoxy) is 1. The lowest BCUT2D eigenvalue weighted by atomic mass is 9.98. The van der Waals surface area contributed by atoms with Crippen molar-refractivity contribution in [2.75, 3.05) is 13.3 Å². The molecular formula is C18H22N2O2. The van der Waals surface area contributed by atoms with E-state index < -0.39 is 0 Å². The summed E-state index contributed by atoms with van der Waals surface area (Å²) in [5, 5.41) is 2.66. The van der Waals surface area contributed by atoms with Gasteiger partial charge < -0.3 is 10.1 Å². The van der Waals surface area contributed by atoms with Gasteiger partial charge in [-0.3, -0.25) is 9.78 Å². The second-order valence-electron chi connectivity index (χ2n) is 5.36. The lowest BCUT2D eigenvalue weighted by molar-refractivity contribution is 0.0812.